The largest absolute Gasteiger partial charge is 0.491 e. The zero-order valence-corrected chi connectivity index (χ0v) is 10.9. The van der Waals surface area contributed by atoms with Gasteiger partial charge in [-0.2, -0.15) is 0 Å². The molecule has 0 aliphatic heterocycles. The van der Waals surface area contributed by atoms with Crippen LogP contribution >= 0.6 is 0 Å². The second kappa shape index (κ2) is 8.11. The van der Waals surface area contributed by atoms with E-state index in [2.05, 4.69) is 18.1 Å². The molecule has 102 valence electrons. The van der Waals surface area contributed by atoms with Crippen molar-refractivity contribution < 1.29 is 14.6 Å². The van der Waals surface area contributed by atoms with Crippen LogP contribution in [0.4, 0.5) is 0 Å². The number of carboxylic acids is 1. The molecule has 0 unspecified atom stereocenters. The molecule has 0 fully saturated rings. The Morgan fingerprint density at radius 3 is 2.47 bits per heavy atom. The average Bonchev–Trinajstić information content (AvgIpc) is 2.39. The monoisotopic (exact) mass is 261 g/mol. The van der Waals surface area contributed by atoms with Gasteiger partial charge in [0.15, 0.2) is 0 Å². The number of rotatable bonds is 9. The Balaban J connectivity index is 2.54. The minimum absolute atomic E-state index is 0.182. The predicted molar refractivity (Wildman–Crippen MR) is 75.7 cm³/mol. The number of carbonyl (C=O) groups is 1. The zero-order valence-electron chi connectivity index (χ0n) is 10.9. The van der Waals surface area contributed by atoms with Gasteiger partial charge >= 0.3 is 5.97 Å². The molecule has 4 nitrogen and oxygen atoms in total. The summed E-state index contributed by atoms with van der Waals surface area (Å²) in [5.41, 5.74) is 0.182. The molecule has 19 heavy (non-hydrogen) atoms. The van der Waals surface area contributed by atoms with Crippen LogP contribution in [0.1, 0.15) is 10.4 Å². The first kappa shape index (κ1) is 15.0. The smallest absolute Gasteiger partial charge is 0.339 e. The van der Waals surface area contributed by atoms with Crippen LogP contribution in [0.3, 0.4) is 0 Å². The van der Waals surface area contributed by atoms with Crippen LogP contribution in [0.5, 0.6) is 5.75 Å². The first-order chi connectivity index (χ1) is 9.19. The SMILES string of the molecule is C=CCN(CC=C)CCOc1ccccc1C(=O)O. The lowest BCUT2D eigenvalue weighted by molar-refractivity contribution is 0.0691. The van der Waals surface area contributed by atoms with Gasteiger partial charge in [-0.1, -0.05) is 24.3 Å². The van der Waals surface area contributed by atoms with E-state index in [0.717, 1.165) is 13.1 Å². The second-order valence-electron chi connectivity index (χ2n) is 3.99. The van der Waals surface area contributed by atoms with Gasteiger partial charge in [-0.05, 0) is 12.1 Å². The summed E-state index contributed by atoms with van der Waals surface area (Å²) in [6.45, 7) is 9.98. The Morgan fingerprint density at radius 1 is 1.26 bits per heavy atom. The van der Waals surface area contributed by atoms with Crippen molar-refractivity contribution in [3.63, 3.8) is 0 Å². The van der Waals surface area contributed by atoms with E-state index in [0.29, 0.717) is 18.9 Å². The van der Waals surface area contributed by atoms with Gasteiger partial charge < -0.3 is 9.84 Å². The number of aromatic carboxylic acids is 1. The minimum atomic E-state index is -0.982. The van der Waals surface area contributed by atoms with Crippen molar-refractivity contribution in [1.82, 2.24) is 4.90 Å². The highest BCUT2D eigenvalue weighted by Crippen LogP contribution is 2.17. The van der Waals surface area contributed by atoms with Gasteiger partial charge in [0.05, 0.1) is 0 Å². The number of hydrogen-bond acceptors (Lipinski definition) is 3. The van der Waals surface area contributed by atoms with Gasteiger partial charge in [0.2, 0.25) is 0 Å². The lowest BCUT2D eigenvalue weighted by atomic mass is 10.2. The molecule has 0 bridgehead atoms. The second-order valence-corrected chi connectivity index (χ2v) is 3.99. The molecular formula is C15H19NO3. The lowest BCUT2D eigenvalue weighted by Crippen LogP contribution is -2.29. The number of benzene rings is 1. The summed E-state index contributed by atoms with van der Waals surface area (Å²) in [7, 11) is 0. The topological polar surface area (TPSA) is 49.8 Å². The van der Waals surface area contributed by atoms with Crippen LogP contribution in [0, 0.1) is 0 Å². The summed E-state index contributed by atoms with van der Waals surface area (Å²) in [4.78, 5) is 13.1. The summed E-state index contributed by atoms with van der Waals surface area (Å²) in [5.74, 6) is -0.586. The van der Waals surface area contributed by atoms with Crippen LogP contribution in [-0.2, 0) is 0 Å². The third kappa shape index (κ3) is 4.97. The molecule has 0 aliphatic carbocycles. The molecule has 0 atom stereocenters. The van der Waals surface area contributed by atoms with E-state index in [4.69, 9.17) is 9.84 Å². The Bertz CT molecular complexity index is 433. The summed E-state index contributed by atoms with van der Waals surface area (Å²) < 4.78 is 5.53. The van der Waals surface area contributed by atoms with E-state index in [-0.39, 0.29) is 5.56 Å². The Labute approximate surface area is 113 Å². The maximum Gasteiger partial charge on any atom is 0.339 e. The maximum atomic E-state index is 11.0. The van der Waals surface area contributed by atoms with Crippen LogP contribution in [0.25, 0.3) is 0 Å². The minimum Gasteiger partial charge on any atom is -0.491 e. The molecular weight excluding hydrogens is 242 g/mol. The van der Waals surface area contributed by atoms with Crippen molar-refractivity contribution in [2.24, 2.45) is 0 Å². The van der Waals surface area contributed by atoms with Crippen LogP contribution < -0.4 is 4.74 Å². The van der Waals surface area contributed by atoms with Crippen LogP contribution in [0.15, 0.2) is 49.6 Å². The van der Waals surface area contributed by atoms with Gasteiger partial charge in [0.25, 0.3) is 0 Å². The van der Waals surface area contributed by atoms with Gasteiger partial charge in [0.1, 0.15) is 17.9 Å². The molecule has 0 amide bonds. The Kier molecular flexibility index (Phi) is 6.39. The van der Waals surface area contributed by atoms with E-state index in [1.165, 1.54) is 6.07 Å². The van der Waals surface area contributed by atoms with E-state index in [1.54, 1.807) is 18.2 Å². The molecule has 1 rings (SSSR count). The molecule has 0 heterocycles. The Morgan fingerprint density at radius 2 is 1.89 bits per heavy atom. The Hall–Kier alpha value is -2.07. The highest BCUT2D eigenvalue weighted by atomic mass is 16.5. The van der Waals surface area contributed by atoms with Gasteiger partial charge in [-0.3, -0.25) is 4.90 Å². The third-order valence-corrected chi connectivity index (χ3v) is 2.56. The third-order valence-electron chi connectivity index (χ3n) is 2.56. The van der Waals surface area contributed by atoms with Gasteiger partial charge in [-0.25, -0.2) is 4.79 Å². The maximum absolute atomic E-state index is 11.0. The number of para-hydroxylation sites is 1. The van der Waals surface area contributed by atoms with Crippen molar-refractivity contribution in [3.8, 4) is 5.75 Å². The fraction of sp³-hybridized carbons (Fsp3) is 0.267. The van der Waals surface area contributed by atoms with Crippen molar-refractivity contribution in [2.75, 3.05) is 26.2 Å². The molecule has 0 saturated carbocycles. The van der Waals surface area contributed by atoms with Gasteiger partial charge in [0, 0.05) is 19.6 Å². The molecule has 0 radical (unpaired) electrons. The van der Waals surface area contributed by atoms with E-state index < -0.39 is 5.97 Å². The fourth-order valence-electron chi connectivity index (χ4n) is 1.68. The highest BCUT2D eigenvalue weighted by molar-refractivity contribution is 5.90. The summed E-state index contributed by atoms with van der Waals surface area (Å²) >= 11 is 0. The lowest BCUT2D eigenvalue weighted by Gasteiger charge is -2.19. The molecule has 0 spiro atoms. The van der Waals surface area contributed by atoms with Crippen molar-refractivity contribution in [3.05, 3.63) is 55.1 Å². The van der Waals surface area contributed by atoms with Crippen LogP contribution in [0.2, 0.25) is 0 Å². The van der Waals surface area contributed by atoms with Crippen molar-refractivity contribution in [1.29, 1.82) is 0 Å². The van der Waals surface area contributed by atoms with Gasteiger partial charge in [-0.15, -0.1) is 13.2 Å². The summed E-state index contributed by atoms with van der Waals surface area (Å²) in [5, 5.41) is 9.03. The number of ether oxygens (including phenoxy) is 1. The quantitative estimate of drug-likeness (QED) is 0.694. The first-order valence-electron chi connectivity index (χ1n) is 6.08. The standard InChI is InChI=1S/C15H19NO3/c1-3-9-16(10-4-2)11-12-19-14-8-6-5-7-13(14)15(17)18/h3-8H,1-2,9-12H2,(H,17,18). The normalized spacial score (nSPS) is 10.2. The molecule has 1 N–H and O–H groups in total. The molecule has 0 aromatic heterocycles. The number of nitrogens with zero attached hydrogens (tertiary/aromatic N) is 1. The average molecular weight is 261 g/mol. The predicted octanol–water partition coefficient (Wildman–Crippen LogP) is 2.44. The summed E-state index contributed by atoms with van der Waals surface area (Å²) in [6, 6.07) is 6.63. The van der Waals surface area contributed by atoms with Crippen LogP contribution in [-0.4, -0.2) is 42.2 Å². The van der Waals surface area contributed by atoms with E-state index in [1.807, 2.05) is 12.2 Å². The molecule has 0 saturated heterocycles. The number of hydrogen-bond donors (Lipinski definition) is 1. The molecule has 4 heteroatoms. The van der Waals surface area contributed by atoms with E-state index in [9.17, 15) is 4.79 Å². The number of carboxylic acid groups (broad SMARTS) is 1. The molecule has 1 aromatic carbocycles. The highest BCUT2D eigenvalue weighted by Gasteiger charge is 2.10. The van der Waals surface area contributed by atoms with Crippen molar-refractivity contribution >= 4 is 5.97 Å². The van der Waals surface area contributed by atoms with E-state index >= 15 is 0 Å². The molecule has 0 aliphatic rings. The first-order valence-corrected chi connectivity index (χ1v) is 6.08. The fourth-order valence-corrected chi connectivity index (χ4v) is 1.68. The van der Waals surface area contributed by atoms with Crippen molar-refractivity contribution in [2.45, 2.75) is 0 Å². The molecule has 1 aromatic rings. The zero-order chi connectivity index (χ0) is 14.1. The summed E-state index contributed by atoms with van der Waals surface area (Å²) in [6.07, 6.45) is 3.63.